The zero-order valence-corrected chi connectivity index (χ0v) is 9.61. The normalized spacial score (nSPS) is 12.2. The summed E-state index contributed by atoms with van der Waals surface area (Å²) in [6.07, 6.45) is 0.545. The summed E-state index contributed by atoms with van der Waals surface area (Å²) >= 11 is 0. The Labute approximate surface area is 95.0 Å². The van der Waals surface area contributed by atoms with E-state index in [0.717, 1.165) is 0 Å². The Morgan fingerprint density at radius 2 is 2.06 bits per heavy atom. The molecular weight excluding hydrogens is 207 g/mol. The maximum Gasteiger partial charge on any atom is 0.243 e. The predicted molar refractivity (Wildman–Crippen MR) is 62.7 cm³/mol. The van der Waals surface area contributed by atoms with Crippen LogP contribution >= 0.6 is 0 Å². The van der Waals surface area contributed by atoms with Gasteiger partial charge in [-0.3, -0.25) is 4.79 Å². The lowest BCUT2D eigenvalue weighted by Gasteiger charge is -2.24. The van der Waals surface area contributed by atoms with Gasteiger partial charge in [-0.25, -0.2) is 4.39 Å². The topological polar surface area (TPSA) is 46.3 Å². The van der Waals surface area contributed by atoms with Gasteiger partial charge in [0, 0.05) is 6.54 Å². The molecule has 1 amide bonds. The Kier molecular flexibility index (Phi) is 4.43. The van der Waals surface area contributed by atoms with Crippen LogP contribution in [0.5, 0.6) is 0 Å². The van der Waals surface area contributed by atoms with Crippen molar-refractivity contribution in [1.82, 2.24) is 0 Å². The number of anilines is 1. The highest BCUT2D eigenvalue weighted by atomic mass is 19.1. The highest BCUT2D eigenvalue weighted by Gasteiger charge is 2.21. The van der Waals surface area contributed by atoms with Crippen LogP contribution in [-0.4, -0.2) is 18.5 Å². The minimum absolute atomic E-state index is 0.241. The van der Waals surface area contributed by atoms with Gasteiger partial charge >= 0.3 is 0 Å². The van der Waals surface area contributed by atoms with E-state index in [1.165, 1.54) is 11.0 Å². The molecule has 1 atom stereocenters. The van der Waals surface area contributed by atoms with Crippen LogP contribution in [0.15, 0.2) is 24.3 Å². The SMILES string of the molecule is CC[C@@H](N)C(=O)N(CC)c1ccccc1F. The highest BCUT2D eigenvalue weighted by molar-refractivity contribution is 5.97. The summed E-state index contributed by atoms with van der Waals surface area (Å²) in [5.74, 6) is -0.642. The van der Waals surface area contributed by atoms with Crippen molar-refractivity contribution in [2.75, 3.05) is 11.4 Å². The van der Waals surface area contributed by atoms with Crippen molar-refractivity contribution in [3.05, 3.63) is 30.1 Å². The van der Waals surface area contributed by atoms with Gasteiger partial charge in [-0.15, -0.1) is 0 Å². The van der Waals surface area contributed by atoms with Crippen molar-refractivity contribution in [3.63, 3.8) is 0 Å². The molecule has 0 unspecified atom stereocenters. The molecule has 16 heavy (non-hydrogen) atoms. The predicted octanol–water partition coefficient (Wildman–Crippen LogP) is 1.92. The smallest absolute Gasteiger partial charge is 0.243 e. The molecule has 0 spiro atoms. The molecule has 88 valence electrons. The lowest BCUT2D eigenvalue weighted by molar-refractivity contribution is -0.119. The van der Waals surface area contributed by atoms with Gasteiger partial charge in [-0.1, -0.05) is 19.1 Å². The van der Waals surface area contributed by atoms with Crippen molar-refractivity contribution in [3.8, 4) is 0 Å². The molecule has 1 aromatic rings. The van der Waals surface area contributed by atoms with Crippen LogP contribution in [-0.2, 0) is 4.79 Å². The number of halogens is 1. The number of amides is 1. The fourth-order valence-corrected chi connectivity index (χ4v) is 1.49. The molecule has 0 aliphatic rings. The van der Waals surface area contributed by atoms with Gasteiger partial charge in [0.1, 0.15) is 5.82 Å². The van der Waals surface area contributed by atoms with Crippen LogP contribution in [0.25, 0.3) is 0 Å². The van der Waals surface area contributed by atoms with Gasteiger partial charge in [0.2, 0.25) is 5.91 Å². The molecule has 0 aromatic heterocycles. The van der Waals surface area contributed by atoms with E-state index < -0.39 is 11.9 Å². The summed E-state index contributed by atoms with van der Waals surface area (Å²) in [6, 6.07) is 5.64. The van der Waals surface area contributed by atoms with E-state index in [2.05, 4.69) is 0 Å². The number of para-hydroxylation sites is 1. The second-order valence-electron chi connectivity index (χ2n) is 3.55. The summed E-state index contributed by atoms with van der Waals surface area (Å²) in [5.41, 5.74) is 5.96. The Hall–Kier alpha value is -1.42. The molecule has 0 aliphatic heterocycles. The van der Waals surface area contributed by atoms with Crippen molar-refractivity contribution in [1.29, 1.82) is 0 Å². The van der Waals surface area contributed by atoms with Crippen LogP contribution in [0, 0.1) is 5.82 Å². The minimum atomic E-state index is -0.570. The van der Waals surface area contributed by atoms with Gasteiger partial charge in [0.15, 0.2) is 0 Å². The Balaban J connectivity index is 2.99. The third-order valence-electron chi connectivity index (χ3n) is 2.48. The van der Waals surface area contributed by atoms with Crippen molar-refractivity contribution >= 4 is 11.6 Å². The number of nitrogens with zero attached hydrogens (tertiary/aromatic N) is 1. The number of carbonyl (C=O) groups excluding carboxylic acids is 1. The van der Waals surface area contributed by atoms with E-state index in [1.807, 2.05) is 6.92 Å². The van der Waals surface area contributed by atoms with Crippen molar-refractivity contribution in [2.24, 2.45) is 5.73 Å². The van der Waals surface area contributed by atoms with Gasteiger partial charge in [0.25, 0.3) is 0 Å². The first kappa shape index (κ1) is 12.6. The molecule has 4 heteroatoms. The van der Waals surface area contributed by atoms with E-state index in [0.29, 0.717) is 18.7 Å². The summed E-state index contributed by atoms with van der Waals surface area (Å²) in [6.45, 7) is 4.04. The lowest BCUT2D eigenvalue weighted by Crippen LogP contribution is -2.43. The fourth-order valence-electron chi connectivity index (χ4n) is 1.49. The molecule has 0 radical (unpaired) electrons. The monoisotopic (exact) mass is 224 g/mol. The van der Waals surface area contributed by atoms with Crippen molar-refractivity contribution < 1.29 is 9.18 Å². The lowest BCUT2D eigenvalue weighted by atomic mass is 10.2. The number of benzene rings is 1. The summed E-state index contributed by atoms with van der Waals surface area (Å²) in [4.78, 5) is 13.3. The molecular formula is C12H17FN2O. The number of likely N-dealkylation sites (N-methyl/N-ethyl adjacent to an activating group) is 1. The number of nitrogens with two attached hydrogens (primary N) is 1. The van der Waals surface area contributed by atoms with E-state index in [4.69, 9.17) is 5.73 Å². The zero-order chi connectivity index (χ0) is 12.1. The largest absolute Gasteiger partial charge is 0.320 e. The molecule has 0 fully saturated rings. The van der Waals surface area contributed by atoms with Crippen LogP contribution in [0.4, 0.5) is 10.1 Å². The molecule has 0 saturated carbocycles. The molecule has 2 N–H and O–H groups in total. The third kappa shape index (κ3) is 2.58. The second kappa shape index (κ2) is 5.61. The first-order valence-electron chi connectivity index (χ1n) is 5.43. The molecule has 0 heterocycles. The van der Waals surface area contributed by atoms with Crippen LogP contribution in [0.2, 0.25) is 0 Å². The molecule has 3 nitrogen and oxygen atoms in total. The number of hydrogen-bond acceptors (Lipinski definition) is 2. The fraction of sp³-hybridized carbons (Fsp3) is 0.417. The Morgan fingerprint density at radius 1 is 1.44 bits per heavy atom. The molecule has 1 rings (SSSR count). The quantitative estimate of drug-likeness (QED) is 0.849. The van der Waals surface area contributed by atoms with Crippen LogP contribution < -0.4 is 10.6 Å². The molecule has 1 aromatic carbocycles. The van der Waals surface area contributed by atoms with E-state index in [1.54, 1.807) is 25.1 Å². The van der Waals surface area contributed by atoms with Crippen LogP contribution in [0.3, 0.4) is 0 Å². The maximum atomic E-state index is 13.5. The highest BCUT2D eigenvalue weighted by Crippen LogP contribution is 2.19. The number of carbonyl (C=O) groups is 1. The minimum Gasteiger partial charge on any atom is -0.320 e. The first-order valence-corrected chi connectivity index (χ1v) is 5.43. The average Bonchev–Trinajstić information content (AvgIpc) is 2.31. The molecule has 0 aliphatic carbocycles. The average molecular weight is 224 g/mol. The summed E-state index contributed by atoms with van der Waals surface area (Å²) in [5, 5.41) is 0. The van der Waals surface area contributed by atoms with Crippen LogP contribution in [0.1, 0.15) is 20.3 Å². The maximum absolute atomic E-state index is 13.5. The van der Waals surface area contributed by atoms with Gasteiger partial charge in [-0.2, -0.15) is 0 Å². The Bertz CT molecular complexity index is 368. The third-order valence-corrected chi connectivity index (χ3v) is 2.48. The summed E-state index contributed by atoms with van der Waals surface area (Å²) < 4.78 is 13.5. The van der Waals surface area contributed by atoms with Gasteiger partial charge < -0.3 is 10.6 Å². The second-order valence-corrected chi connectivity index (χ2v) is 3.55. The summed E-state index contributed by atoms with van der Waals surface area (Å²) in [7, 11) is 0. The van der Waals surface area contributed by atoms with Crippen molar-refractivity contribution in [2.45, 2.75) is 26.3 Å². The number of rotatable bonds is 4. The van der Waals surface area contributed by atoms with Gasteiger partial charge in [0.05, 0.1) is 11.7 Å². The number of hydrogen-bond donors (Lipinski definition) is 1. The molecule has 0 bridgehead atoms. The van der Waals surface area contributed by atoms with Gasteiger partial charge in [-0.05, 0) is 25.5 Å². The van der Waals surface area contributed by atoms with E-state index in [-0.39, 0.29) is 5.91 Å². The first-order chi connectivity index (χ1) is 7.61. The van der Waals surface area contributed by atoms with E-state index >= 15 is 0 Å². The Morgan fingerprint density at radius 3 is 2.56 bits per heavy atom. The standard InChI is InChI=1S/C12H17FN2O/c1-3-10(14)12(16)15(4-2)11-8-6-5-7-9(11)13/h5-8,10H,3-4,14H2,1-2H3/t10-/m1/s1. The molecule has 0 saturated heterocycles. The zero-order valence-electron chi connectivity index (χ0n) is 9.61. The van der Waals surface area contributed by atoms with E-state index in [9.17, 15) is 9.18 Å².